The fourth-order valence-electron chi connectivity index (χ4n) is 5.52. The van der Waals surface area contributed by atoms with Crippen LogP contribution in [-0.2, 0) is 0 Å². The van der Waals surface area contributed by atoms with Gasteiger partial charge in [-0.1, -0.05) is 0 Å². The Morgan fingerprint density at radius 1 is 0.735 bits per heavy atom. The first kappa shape index (κ1) is 23.1. The minimum atomic E-state index is -3.12. The molecule has 0 aromatic heterocycles. The number of halogens is 1. The molecule has 1 atom stereocenters. The van der Waals surface area contributed by atoms with Crippen molar-refractivity contribution >= 4 is 42.8 Å². The van der Waals surface area contributed by atoms with Gasteiger partial charge in [0.1, 0.15) is 0 Å². The predicted molar refractivity (Wildman–Crippen MR) is 153 cm³/mol. The summed E-state index contributed by atoms with van der Waals surface area (Å²) in [4.78, 5) is 0. The first-order chi connectivity index (χ1) is 16.4. The first-order valence-corrected chi connectivity index (χ1v) is 16.1. The van der Waals surface area contributed by atoms with Crippen LogP contribution in [0.25, 0.3) is 6.08 Å². The van der Waals surface area contributed by atoms with Gasteiger partial charge in [0, 0.05) is 0 Å². The maximum atomic E-state index is 6.42. The second-order valence-electron chi connectivity index (χ2n) is 9.26. The van der Waals surface area contributed by atoms with Crippen LogP contribution in [0.3, 0.4) is 0 Å². The van der Waals surface area contributed by atoms with Crippen LogP contribution in [0.4, 0.5) is 0 Å². The molecule has 0 fully saturated rings. The van der Waals surface area contributed by atoms with E-state index in [2.05, 4.69) is 145 Å². The summed E-state index contributed by atoms with van der Waals surface area (Å²) in [5.74, 6) is 1.01. The molecule has 0 saturated heterocycles. The van der Waals surface area contributed by atoms with Crippen LogP contribution >= 0.6 is 20.8 Å². The maximum absolute atomic E-state index is 6.42. The zero-order valence-electron chi connectivity index (χ0n) is 19.9. The number of aryl methyl sites for hydroxylation is 2. The average Bonchev–Trinajstić information content (AvgIpc) is 2.89. The third kappa shape index (κ3) is 3.47. The van der Waals surface area contributed by atoms with E-state index in [0.29, 0.717) is 6.61 Å². The van der Waals surface area contributed by atoms with Crippen molar-refractivity contribution in [2.45, 2.75) is 26.4 Å². The third-order valence-corrected chi connectivity index (χ3v) is 18.5. The molecule has 0 saturated carbocycles. The Balaban J connectivity index is 1.83. The second kappa shape index (κ2) is 8.84. The van der Waals surface area contributed by atoms with Gasteiger partial charge < -0.3 is 0 Å². The van der Waals surface area contributed by atoms with Gasteiger partial charge in [-0.3, -0.25) is 0 Å². The van der Waals surface area contributed by atoms with Crippen molar-refractivity contribution in [2.75, 3.05) is 6.61 Å². The molecule has 0 N–H and O–H groups in total. The van der Waals surface area contributed by atoms with Crippen LogP contribution in [0.2, 0.25) is 0 Å². The summed E-state index contributed by atoms with van der Waals surface area (Å²) in [5, 5.41) is 0.849. The minimum absolute atomic E-state index is 0.173. The summed E-state index contributed by atoms with van der Waals surface area (Å²) >= 11 is 4.62. The molecule has 3 heteroatoms. The topological polar surface area (TPSA) is 9.23 Å². The number of benzene rings is 4. The van der Waals surface area contributed by atoms with Gasteiger partial charge in [-0.15, -0.1) is 0 Å². The van der Waals surface area contributed by atoms with E-state index in [1.807, 2.05) is 0 Å². The molecule has 1 unspecified atom stereocenters. The fourth-order valence-corrected chi connectivity index (χ4v) is 13.7. The molecule has 0 amide bonds. The van der Waals surface area contributed by atoms with E-state index in [1.54, 1.807) is 0 Å². The van der Waals surface area contributed by atoms with E-state index in [4.69, 9.17) is 4.74 Å². The molecule has 0 bridgehead atoms. The van der Waals surface area contributed by atoms with Crippen molar-refractivity contribution in [3.8, 4) is 5.75 Å². The Kier molecular flexibility index (Phi) is 6.00. The standard InChI is InChI=1S/C31H30BrOP/c1-23-19-24(2)31-26(20-23)21-27(22-33-31)25(3)34(32,28-13-7-4-8-14-28,29-15-9-5-10-16-29)30-17-11-6-12-18-30/h4-21,25H,22H2,1-3H3. The van der Waals surface area contributed by atoms with E-state index in [1.165, 1.54) is 38.2 Å². The Bertz CT molecular complexity index is 1250. The van der Waals surface area contributed by atoms with Crippen molar-refractivity contribution in [1.82, 2.24) is 0 Å². The summed E-state index contributed by atoms with van der Waals surface area (Å²) in [6.45, 7) is 7.26. The molecule has 1 heterocycles. The van der Waals surface area contributed by atoms with Gasteiger partial charge in [-0.05, 0) is 0 Å². The molecule has 1 nitrogen and oxygen atoms in total. The quantitative estimate of drug-likeness (QED) is 0.247. The van der Waals surface area contributed by atoms with Crippen LogP contribution in [-0.4, -0.2) is 12.3 Å². The van der Waals surface area contributed by atoms with Crippen molar-refractivity contribution in [1.29, 1.82) is 0 Å². The van der Waals surface area contributed by atoms with E-state index in [9.17, 15) is 0 Å². The Morgan fingerprint density at radius 2 is 1.21 bits per heavy atom. The number of hydrogen-bond donors (Lipinski definition) is 0. The molecule has 1 aliphatic rings. The normalized spacial score (nSPS) is 15.3. The number of hydrogen-bond acceptors (Lipinski definition) is 1. The molecular formula is C31H30BrOP. The van der Waals surface area contributed by atoms with Crippen LogP contribution in [0.1, 0.15) is 23.6 Å². The van der Waals surface area contributed by atoms with Crippen LogP contribution in [0, 0.1) is 13.8 Å². The molecule has 0 spiro atoms. The summed E-state index contributed by atoms with van der Waals surface area (Å²) < 4.78 is 6.42. The van der Waals surface area contributed by atoms with Gasteiger partial charge in [-0.2, -0.15) is 0 Å². The Hall–Kier alpha value is -2.67. The monoisotopic (exact) mass is 528 g/mol. The van der Waals surface area contributed by atoms with Crippen LogP contribution < -0.4 is 20.7 Å². The van der Waals surface area contributed by atoms with Gasteiger partial charge in [0.25, 0.3) is 0 Å². The number of fused-ring (bicyclic) bond motifs is 1. The summed E-state index contributed by atoms with van der Waals surface area (Å²) in [7, 11) is 0. The zero-order chi connectivity index (χ0) is 23.8. The van der Waals surface area contributed by atoms with Gasteiger partial charge in [0.05, 0.1) is 0 Å². The van der Waals surface area contributed by atoms with Crippen molar-refractivity contribution in [2.24, 2.45) is 0 Å². The Morgan fingerprint density at radius 3 is 1.68 bits per heavy atom. The molecule has 0 aliphatic carbocycles. The molecule has 4 aromatic rings. The van der Waals surface area contributed by atoms with Gasteiger partial charge in [0.15, 0.2) is 0 Å². The first-order valence-electron chi connectivity index (χ1n) is 11.8. The predicted octanol–water partition coefficient (Wildman–Crippen LogP) is 7.31. The third-order valence-electron chi connectivity index (χ3n) is 7.22. The molecule has 34 heavy (non-hydrogen) atoms. The molecular weight excluding hydrogens is 499 g/mol. The molecule has 0 radical (unpaired) electrons. The molecule has 4 aromatic carbocycles. The number of rotatable bonds is 5. The van der Waals surface area contributed by atoms with Crippen LogP contribution in [0.5, 0.6) is 5.75 Å². The summed E-state index contributed by atoms with van der Waals surface area (Å²) in [5.41, 5.74) is 5.12. The van der Waals surface area contributed by atoms with Crippen molar-refractivity contribution in [3.63, 3.8) is 0 Å². The van der Waals surface area contributed by atoms with Gasteiger partial charge in [0.2, 0.25) is 0 Å². The molecule has 1 aliphatic heterocycles. The fraction of sp³-hybridized carbons (Fsp3) is 0.161. The van der Waals surface area contributed by atoms with E-state index in [-0.39, 0.29) is 5.66 Å². The second-order valence-corrected chi connectivity index (χ2v) is 18.2. The van der Waals surface area contributed by atoms with Crippen molar-refractivity contribution in [3.05, 3.63) is 125 Å². The summed E-state index contributed by atoms with van der Waals surface area (Å²) in [6.07, 6.45) is 2.38. The van der Waals surface area contributed by atoms with Gasteiger partial charge >= 0.3 is 212 Å². The average molecular weight is 529 g/mol. The Labute approximate surface area is 211 Å². The van der Waals surface area contributed by atoms with Crippen LogP contribution in [0.15, 0.2) is 109 Å². The van der Waals surface area contributed by atoms with E-state index < -0.39 is 5.31 Å². The summed E-state index contributed by atoms with van der Waals surface area (Å²) in [6, 6.07) is 37.4. The number of ether oxygens (including phenoxy) is 1. The SMILES string of the molecule is Cc1cc(C)c2c(c1)C=C(C(C)P(Br)(c1ccccc1)(c1ccccc1)c1ccccc1)CO2. The van der Waals surface area contributed by atoms with E-state index in [0.717, 1.165) is 5.75 Å². The zero-order valence-corrected chi connectivity index (χ0v) is 22.4. The van der Waals surface area contributed by atoms with Crippen molar-refractivity contribution < 1.29 is 4.74 Å². The van der Waals surface area contributed by atoms with Gasteiger partial charge in [-0.25, -0.2) is 0 Å². The van der Waals surface area contributed by atoms with E-state index >= 15 is 0 Å². The molecule has 172 valence electrons. The molecule has 5 rings (SSSR count).